The molecule has 2 N–H and O–H groups in total. The zero-order valence-electron chi connectivity index (χ0n) is 19.0. The van der Waals surface area contributed by atoms with Crippen molar-refractivity contribution >= 4 is 34.1 Å². The number of aliphatic hydroxyl groups is 1. The molecule has 4 rings (SSSR count). The summed E-state index contributed by atoms with van der Waals surface area (Å²) in [5, 5.41) is 13.4. The van der Waals surface area contributed by atoms with E-state index in [4.69, 9.17) is 0 Å². The summed E-state index contributed by atoms with van der Waals surface area (Å²) < 4.78 is 44.0. The van der Waals surface area contributed by atoms with Crippen LogP contribution >= 0.6 is 0 Å². The summed E-state index contributed by atoms with van der Waals surface area (Å²) in [4.78, 5) is 34.2. The summed E-state index contributed by atoms with van der Waals surface area (Å²) in [6, 6.07) is 6.87. The molecule has 2 heterocycles. The predicted molar refractivity (Wildman–Crippen MR) is 121 cm³/mol. The largest absolute Gasteiger partial charge is 0.384 e. The van der Waals surface area contributed by atoms with Crippen LogP contribution in [0.3, 0.4) is 0 Å². The van der Waals surface area contributed by atoms with E-state index in [2.05, 4.69) is 15.3 Å². The number of anilines is 2. The van der Waals surface area contributed by atoms with E-state index in [1.54, 1.807) is 13.0 Å². The zero-order valence-corrected chi connectivity index (χ0v) is 19.0. The van der Waals surface area contributed by atoms with Gasteiger partial charge in [0.1, 0.15) is 23.1 Å². The van der Waals surface area contributed by atoms with Gasteiger partial charge in [-0.25, -0.2) is 14.4 Å². The summed E-state index contributed by atoms with van der Waals surface area (Å²) in [6.07, 6.45) is 0.0635. The first-order valence-electron chi connectivity index (χ1n) is 10.6. The van der Waals surface area contributed by atoms with Crippen LogP contribution in [-0.4, -0.2) is 46.0 Å². The molecule has 1 aromatic heterocycles. The molecule has 0 aliphatic carbocycles. The molecular weight excluding hydrogens is 449 g/mol. The Bertz CT molecular complexity index is 1340. The van der Waals surface area contributed by atoms with Gasteiger partial charge >= 0.3 is 5.92 Å². The zero-order chi connectivity index (χ0) is 25.0. The number of ketones is 1. The van der Waals surface area contributed by atoms with Crippen LogP contribution in [0.2, 0.25) is 0 Å². The summed E-state index contributed by atoms with van der Waals surface area (Å²) in [5.41, 5.74) is -2.09. The third kappa shape index (κ3) is 3.77. The number of nitrogens with one attached hydrogen (secondary N) is 1. The smallest absolute Gasteiger partial charge is 0.303 e. The number of likely N-dealkylation sites (N-methyl/N-ethyl adjacent to an activating group) is 1. The number of alkyl halides is 2. The maximum absolute atomic E-state index is 14.9. The van der Waals surface area contributed by atoms with Gasteiger partial charge in [0.25, 0.3) is 11.7 Å². The molecule has 1 aliphatic heterocycles. The van der Waals surface area contributed by atoms with Gasteiger partial charge in [0.15, 0.2) is 0 Å². The van der Waals surface area contributed by atoms with Gasteiger partial charge in [0, 0.05) is 19.0 Å². The van der Waals surface area contributed by atoms with Gasteiger partial charge in [-0.3, -0.25) is 9.59 Å². The monoisotopic (exact) mass is 472 g/mol. The Morgan fingerprint density at radius 1 is 1.15 bits per heavy atom. The number of aromatic nitrogens is 2. The lowest BCUT2D eigenvalue weighted by Gasteiger charge is -2.30. The van der Waals surface area contributed by atoms with Gasteiger partial charge in [-0.1, -0.05) is 12.1 Å². The van der Waals surface area contributed by atoms with Crippen LogP contribution in [0.5, 0.6) is 0 Å². The van der Waals surface area contributed by atoms with Crippen molar-refractivity contribution in [2.75, 3.05) is 23.8 Å². The van der Waals surface area contributed by atoms with Crippen LogP contribution in [0, 0.1) is 12.7 Å². The Hall–Kier alpha value is -3.53. The fourth-order valence-corrected chi connectivity index (χ4v) is 3.91. The average Bonchev–Trinajstić information content (AvgIpc) is 2.96. The molecule has 0 saturated heterocycles. The van der Waals surface area contributed by atoms with E-state index in [1.807, 2.05) is 0 Å². The lowest BCUT2D eigenvalue weighted by Crippen LogP contribution is -2.41. The van der Waals surface area contributed by atoms with Gasteiger partial charge in [-0.2, -0.15) is 8.78 Å². The fraction of sp³-hybridized carbons (Fsp3) is 0.333. The van der Waals surface area contributed by atoms with E-state index in [9.17, 15) is 27.9 Å². The molecule has 34 heavy (non-hydrogen) atoms. The molecule has 0 atom stereocenters. The maximum atomic E-state index is 14.9. The van der Waals surface area contributed by atoms with E-state index in [1.165, 1.54) is 30.1 Å². The summed E-state index contributed by atoms with van der Waals surface area (Å²) in [7, 11) is 1.50. The van der Waals surface area contributed by atoms with E-state index >= 15 is 0 Å². The second kappa shape index (κ2) is 8.05. The van der Waals surface area contributed by atoms with Crippen LogP contribution in [0.25, 0.3) is 10.9 Å². The number of fused-ring (bicyclic) bond motifs is 2. The number of halogens is 3. The Morgan fingerprint density at radius 3 is 2.53 bits per heavy atom. The second-order valence-corrected chi connectivity index (χ2v) is 8.79. The summed E-state index contributed by atoms with van der Waals surface area (Å²) in [6.45, 7) is 3.68. The van der Waals surface area contributed by atoms with Gasteiger partial charge in [-0.05, 0) is 51.0 Å². The van der Waals surface area contributed by atoms with Crippen LogP contribution in [0.4, 0.5) is 24.7 Å². The van der Waals surface area contributed by atoms with Gasteiger partial charge in [0.2, 0.25) is 0 Å². The van der Waals surface area contributed by atoms with Crippen molar-refractivity contribution < 1.29 is 27.9 Å². The Balaban J connectivity index is 1.62. The highest BCUT2D eigenvalue weighted by atomic mass is 19.3. The summed E-state index contributed by atoms with van der Waals surface area (Å²) >= 11 is 0. The number of Topliss-reactive ketones (excluding diaryl/α,β-unsaturated/α-hetero) is 1. The second-order valence-electron chi connectivity index (χ2n) is 8.79. The van der Waals surface area contributed by atoms with Crippen molar-refractivity contribution in [3.05, 3.63) is 58.7 Å². The molecule has 178 valence electrons. The molecule has 0 fully saturated rings. The van der Waals surface area contributed by atoms with E-state index in [0.717, 1.165) is 19.9 Å². The maximum Gasteiger partial charge on any atom is 0.303 e. The van der Waals surface area contributed by atoms with Gasteiger partial charge in [-0.15, -0.1) is 0 Å². The van der Waals surface area contributed by atoms with Crippen molar-refractivity contribution in [2.24, 2.45) is 0 Å². The predicted octanol–water partition coefficient (Wildman–Crippen LogP) is 3.75. The minimum Gasteiger partial charge on any atom is -0.384 e. The molecule has 0 spiro atoms. The van der Waals surface area contributed by atoms with Gasteiger partial charge in [0.05, 0.1) is 22.3 Å². The molecular formula is C24H23F3N4O3. The number of aryl methyl sites for hydroxylation is 1. The molecule has 10 heteroatoms. The number of carbonyl (C=O) groups is 2. The number of amides is 1. The lowest BCUT2D eigenvalue weighted by molar-refractivity contribution is -0.170. The van der Waals surface area contributed by atoms with Crippen LogP contribution < -0.4 is 10.2 Å². The van der Waals surface area contributed by atoms with Gasteiger partial charge < -0.3 is 15.3 Å². The fourth-order valence-electron chi connectivity index (χ4n) is 3.91. The van der Waals surface area contributed by atoms with Crippen molar-refractivity contribution in [1.29, 1.82) is 0 Å². The van der Waals surface area contributed by atoms with E-state index < -0.39 is 34.6 Å². The highest BCUT2D eigenvalue weighted by Crippen LogP contribution is 2.40. The molecule has 0 unspecified atom stereocenters. The van der Waals surface area contributed by atoms with Crippen molar-refractivity contribution in [3.8, 4) is 0 Å². The Morgan fingerprint density at radius 2 is 1.85 bits per heavy atom. The molecule has 1 aliphatic rings. The first-order valence-corrected chi connectivity index (χ1v) is 10.6. The van der Waals surface area contributed by atoms with E-state index in [0.29, 0.717) is 28.2 Å². The van der Waals surface area contributed by atoms with Crippen LogP contribution in [0.1, 0.15) is 41.2 Å². The number of hydrogen-bond acceptors (Lipinski definition) is 6. The highest BCUT2D eigenvalue weighted by molar-refractivity contribution is 6.52. The molecule has 3 aromatic rings. The van der Waals surface area contributed by atoms with Crippen molar-refractivity contribution in [2.45, 2.75) is 38.7 Å². The first kappa shape index (κ1) is 23.6. The number of nitrogens with zero attached hydrogens (tertiary/aromatic N) is 3. The standard InChI is InChI=1S/C24H23F3N4O3/c1-12-29-17-10-15-18(31(4)22(33)20(15)32)11-14(17)21(30-12)28-9-8-13-6-5-7-16(19(13)25)24(26,27)23(2,3)34/h5-7,10-11,34H,8-9H2,1-4H3,(H,28,29,30). The van der Waals surface area contributed by atoms with Crippen molar-refractivity contribution in [3.63, 3.8) is 0 Å². The number of hydrogen-bond donors (Lipinski definition) is 2. The molecule has 7 nitrogen and oxygen atoms in total. The first-order chi connectivity index (χ1) is 15.8. The third-order valence-electron chi connectivity index (χ3n) is 5.90. The highest BCUT2D eigenvalue weighted by Gasteiger charge is 2.49. The number of benzene rings is 2. The molecule has 0 saturated carbocycles. The average molecular weight is 472 g/mol. The molecule has 0 radical (unpaired) electrons. The van der Waals surface area contributed by atoms with Crippen LogP contribution in [-0.2, 0) is 17.1 Å². The van der Waals surface area contributed by atoms with Crippen LogP contribution in [0.15, 0.2) is 30.3 Å². The topological polar surface area (TPSA) is 95.4 Å². The van der Waals surface area contributed by atoms with Crippen molar-refractivity contribution in [1.82, 2.24) is 9.97 Å². The number of carbonyl (C=O) groups excluding carboxylic acids is 2. The minimum absolute atomic E-state index is 0.0563. The molecule has 0 bridgehead atoms. The lowest BCUT2D eigenvalue weighted by atomic mass is 9.91. The Labute approximate surface area is 193 Å². The minimum atomic E-state index is -3.78. The Kier molecular flexibility index (Phi) is 5.59. The number of rotatable bonds is 6. The normalized spacial score (nSPS) is 14.2. The molecule has 2 aromatic carbocycles. The molecule has 1 amide bonds. The van der Waals surface area contributed by atoms with E-state index in [-0.39, 0.29) is 24.1 Å². The quantitative estimate of drug-likeness (QED) is 0.531. The summed E-state index contributed by atoms with van der Waals surface area (Å²) in [5.74, 6) is -5.27. The third-order valence-corrected chi connectivity index (χ3v) is 5.90. The SMILES string of the molecule is Cc1nc(NCCc2cccc(C(F)(F)C(C)(C)O)c2F)c2cc3c(cc2n1)C(=O)C(=O)N3C.